The second-order valence-electron chi connectivity index (χ2n) is 5.39. The number of aliphatic hydroxyl groups is 1. The Morgan fingerprint density at radius 2 is 2.11 bits per heavy atom. The van der Waals surface area contributed by atoms with Gasteiger partial charge in [0, 0.05) is 16.5 Å². The van der Waals surface area contributed by atoms with Crippen LogP contribution < -0.4 is 5.56 Å². The molecule has 1 aromatic heterocycles. The van der Waals surface area contributed by atoms with E-state index in [2.05, 4.69) is 9.97 Å². The number of aliphatic hydroxyl groups excluding tert-OH is 1. The van der Waals surface area contributed by atoms with Gasteiger partial charge in [-0.15, -0.1) is 0 Å². The molecule has 2 N–H and O–H groups in total. The normalized spacial score (nSPS) is 12.9. The van der Waals surface area contributed by atoms with Crippen molar-refractivity contribution in [3.63, 3.8) is 0 Å². The molecule has 5 heteroatoms. The summed E-state index contributed by atoms with van der Waals surface area (Å²) < 4.78 is 0. The molecule has 1 aromatic carbocycles. The number of fused-ring (bicyclic) bond motifs is 1. The highest BCUT2D eigenvalue weighted by Gasteiger charge is 2.17. The maximum atomic E-state index is 11.9. The number of halogens is 1. The van der Waals surface area contributed by atoms with E-state index in [4.69, 9.17) is 11.6 Å². The molecule has 1 heterocycles. The minimum atomic E-state index is -0.428. The Morgan fingerprint density at radius 3 is 2.74 bits per heavy atom. The van der Waals surface area contributed by atoms with Crippen LogP contribution in [0.2, 0.25) is 5.02 Å². The van der Waals surface area contributed by atoms with Crippen LogP contribution in [0.4, 0.5) is 0 Å². The molecule has 0 saturated heterocycles. The fraction of sp³-hybridized carbons (Fsp3) is 0.286. The number of aromatic nitrogens is 2. The summed E-state index contributed by atoms with van der Waals surface area (Å²) in [5, 5.41) is 10.5. The number of nitrogens with zero attached hydrogens (tertiary/aromatic N) is 1. The van der Waals surface area contributed by atoms with Gasteiger partial charge in [-0.1, -0.05) is 32.4 Å². The Labute approximate surface area is 115 Å². The Bertz CT molecular complexity index is 711. The number of nitrogens with one attached hydrogen (secondary N) is 1. The van der Waals surface area contributed by atoms with Crippen molar-refractivity contribution in [2.24, 2.45) is 5.41 Å². The van der Waals surface area contributed by atoms with Gasteiger partial charge in [-0.2, -0.15) is 0 Å². The van der Waals surface area contributed by atoms with E-state index in [1.807, 2.05) is 20.8 Å². The highest BCUT2D eigenvalue weighted by molar-refractivity contribution is 6.31. The molecular formula is C14H15ClN2O2. The minimum absolute atomic E-state index is 0.110. The van der Waals surface area contributed by atoms with E-state index in [0.29, 0.717) is 16.1 Å². The first kappa shape index (κ1) is 13.6. The molecule has 4 nitrogen and oxygen atoms in total. The van der Waals surface area contributed by atoms with Crippen LogP contribution in [0.25, 0.3) is 17.1 Å². The first-order chi connectivity index (χ1) is 8.77. The minimum Gasteiger partial charge on any atom is -0.512 e. The summed E-state index contributed by atoms with van der Waals surface area (Å²) in [6.45, 7) is 5.57. The molecule has 0 aliphatic carbocycles. The largest absolute Gasteiger partial charge is 0.512 e. The molecule has 0 atom stereocenters. The Kier molecular flexibility index (Phi) is 3.37. The van der Waals surface area contributed by atoms with Gasteiger partial charge >= 0.3 is 0 Å². The van der Waals surface area contributed by atoms with Crippen molar-refractivity contribution in [1.29, 1.82) is 0 Å². The maximum absolute atomic E-state index is 11.9. The molecule has 0 aliphatic heterocycles. The summed E-state index contributed by atoms with van der Waals surface area (Å²) in [6.07, 6.45) is 1.40. The molecule has 2 rings (SSSR count). The summed E-state index contributed by atoms with van der Waals surface area (Å²) in [5.41, 5.74) is 0.595. The van der Waals surface area contributed by atoms with Gasteiger partial charge in [0.15, 0.2) is 0 Å². The zero-order valence-corrected chi connectivity index (χ0v) is 11.7. The third-order valence-corrected chi connectivity index (χ3v) is 2.96. The van der Waals surface area contributed by atoms with Gasteiger partial charge in [0.25, 0.3) is 5.56 Å². The predicted molar refractivity (Wildman–Crippen MR) is 77.4 cm³/mol. The number of aromatic amines is 1. The third kappa shape index (κ3) is 2.96. The van der Waals surface area contributed by atoms with E-state index in [0.717, 1.165) is 0 Å². The predicted octanol–water partition coefficient (Wildman–Crippen LogP) is 3.52. The fourth-order valence-electron chi connectivity index (χ4n) is 1.52. The molecule has 0 amide bonds. The Morgan fingerprint density at radius 1 is 1.42 bits per heavy atom. The summed E-state index contributed by atoms with van der Waals surface area (Å²) in [6, 6.07) is 5.06. The third-order valence-electron chi connectivity index (χ3n) is 2.72. The first-order valence-electron chi connectivity index (χ1n) is 5.88. The van der Waals surface area contributed by atoms with Crippen molar-refractivity contribution in [3.8, 4) is 0 Å². The summed E-state index contributed by atoms with van der Waals surface area (Å²) in [7, 11) is 0. The molecule has 0 bridgehead atoms. The lowest BCUT2D eigenvalue weighted by Crippen LogP contribution is -2.14. The number of allylic oxidation sites excluding steroid dienone is 1. The van der Waals surface area contributed by atoms with Crippen LogP contribution in [0.1, 0.15) is 26.5 Å². The van der Waals surface area contributed by atoms with Crippen molar-refractivity contribution in [2.45, 2.75) is 20.8 Å². The summed E-state index contributed by atoms with van der Waals surface area (Å²) in [5.74, 6) is 0.110. The van der Waals surface area contributed by atoms with Crippen LogP contribution in [0.15, 0.2) is 28.8 Å². The van der Waals surface area contributed by atoms with Crippen LogP contribution in [0.3, 0.4) is 0 Å². The van der Waals surface area contributed by atoms with Crippen molar-refractivity contribution in [2.75, 3.05) is 0 Å². The van der Waals surface area contributed by atoms with Gasteiger partial charge in [-0.05, 0) is 18.2 Å². The lowest BCUT2D eigenvalue weighted by Gasteiger charge is -2.16. The quantitative estimate of drug-likeness (QED) is 0.784. The van der Waals surface area contributed by atoms with Gasteiger partial charge in [0.1, 0.15) is 5.69 Å². The van der Waals surface area contributed by atoms with Crippen molar-refractivity contribution in [1.82, 2.24) is 9.97 Å². The van der Waals surface area contributed by atoms with E-state index in [1.54, 1.807) is 18.2 Å². The maximum Gasteiger partial charge on any atom is 0.274 e. The molecule has 0 fully saturated rings. The van der Waals surface area contributed by atoms with Gasteiger partial charge in [0.2, 0.25) is 0 Å². The average molecular weight is 279 g/mol. The molecule has 0 saturated carbocycles. The SMILES string of the molecule is CC(C)(C)C(O)=Cc1nc2ccc(Cl)cc2[nH]c1=O. The van der Waals surface area contributed by atoms with Crippen LogP contribution in [0, 0.1) is 5.41 Å². The Hall–Kier alpha value is -1.81. The zero-order valence-electron chi connectivity index (χ0n) is 11.0. The van der Waals surface area contributed by atoms with Gasteiger partial charge in [-0.25, -0.2) is 4.98 Å². The molecule has 0 radical (unpaired) electrons. The molecule has 19 heavy (non-hydrogen) atoms. The van der Waals surface area contributed by atoms with E-state index in [9.17, 15) is 9.90 Å². The fourth-order valence-corrected chi connectivity index (χ4v) is 1.69. The van der Waals surface area contributed by atoms with Gasteiger partial charge < -0.3 is 10.1 Å². The van der Waals surface area contributed by atoms with E-state index in [1.165, 1.54) is 6.08 Å². The lowest BCUT2D eigenvalue weighted by molar-refractivity contribution is 0.282. The standard InChI is InChI=1S/C14H15ClN2O2/c1-14(2,3)12(18)7-11-13(19)17-10-6-8(15)4-5-9(10)16-11/h4-7,18H,1-3H3,(H,17,19). The molecule has 0 unspecified atom stereocenters. The molecule has 0 spiro atoms. The van der Waals surface area contributed by atoms with Crippen LogP contribution in [-0.2, 0) is 0 Å². The van der Waals surface area contributed by atoms with E-state index < -0.39 is 5.41 Å². The number of rotatable bonds is 1. The number of hydrogen-bond donors (Lipinski definition) is 2. The van der Waals surface area contributed by atoms with Crippen LogP contribution in [-0.4, -0.2) is 15.1 Å². The second-order valence-corrected chi connectivity index (χ2v) is 5.83. The van der Waals surface area contributed by atoms with E-state index >= 15 is 0 Å². The van der Waals surface area contributed by atoms with Crippen molar-refractivity contribution >= 4 is 28.7 Å². The van der Waals surface area contributed by atoms with Gasteiger partial charge in [-0.3, -0.25) is 4.79 Å². The van der Waals surface area contributed by atoms with Crippen LogP contribution in [0.5, 0.6) is 0 Å². The summed E-state index contributed by atoms with van der Waals surface area (Å²) in [4.78, 5) is 18.8. The lowest BCUT2D eigenvalue weighted by atomic mass is 9.93. The van der Waals surface area contributed by atoms with Crippen LogP contribution >= 0.6 is 11.6 Å². The van der Waals surface area contributed by atoms with E-state index in [-0.39, 0.29) is 17.0 Å². The zero-order chi connectivity index (χ0) is 14.2. The summed E-state index contributed by atoms with van der Waals surface area (Å²) >= 11 is 5.85. The Balaban J connectivity index is 2.60. The topological polar surface area (TPSA) is 66.0 Å². The van der Waals surface area contributed by atoms with Crippen molar-refractivity contribution < 1.29 is 5.11 Å². The molecule has 0 aliphatic rings. The average Bonchev–Trinajstić information content (AvgIpc) is 2.29. The second kappa shape index (κ2) is 4.70. The van der Waals surface area contributed by atoms with Gasteiger partial charge in [0.05, 0.1) is 16.8 Å². The molecular weight excluding hydrogens is 264 g/mol. The number of benzene rings is 1. The molecule has 100 valence electrons. The highest BCUT2D eigenvalue weighted by atomic mass is 35.5. The first-order valence-corrected chi connectivity index (χ1v) is 6.26. The molecule has 2 aromatic rings. The number of hydrogen-bond acceptors (Lipinski definition) is 3. The smallest absolute Gasteiger partial charge is 0.274 e. The van der Waals surface area contributed by atoms with Crippen molar-refractivity contribution in [3.05, 3.63) is 45.0 Å². The highest BCUT2D eigenvalue weighted by Crippen LogP contribution is 2.24. The monoisotopic (exact) mass is 278 g/mol. The number of H-pyrrole nitrogens is 1.